The number of ether oxygens (including phenoxy) is 1. The summed E-state index contributed by atoms with van der Waals surface area (Å²) in [5.74, 6) is 0.226. The standard InChI is InChI=1S/C19H27N5O2.HI/c1-19(2,3)26-17(25)13-22-18(20-4)21-12-15-8-5-6-9-16(15)14-24-11-7-10-23-24;/h5-11H,12-14H2,1-4H3,(H2,20,21,22);1H. The monoisotopic (exact) mass is 485 g/mol. The Morgan fingerprint density at radius 3 is 2.48 bits per heavy atom. The number of benzene rings is 1. The van der Waals surface area contributed by atoms with Crippen molar-refractivity contribution in [2.24, 2.45) is 4.99 Å². The van der Waals surface area contributed by atoms with Gasteiger partial charge in [-0.1, -0.05) is 24.3 Å². The van der Waals surface area contributed by atoms with E-state index >= 15 is 0 Å². The number of rotatable bonds is 6. The quantitative estimate of drug-likeness (QED) is 0.285. The fourth-order valence-corrected chi connectivity index (χ4v) is 2.39. The lowest BCUT2D eigenvalue weighted by Crippen LogP contribution is -2.41. The van der Waals surface area contributed by atoms with E-state index in [4.69, 9.17) is 4.74 Å². The Bertz CT molecular complexity index is 739. The molecule has 0 unspecified atom stereocenters. The molecule has 0 aliphatic carbocycles. The fraction of sp³-hybridized carbons (Fsp3) is 0.421. The number of carbonyl (C=O) groups excluding carboxylic acids is 1. The van der Waals surface area contributed by atoms with Crippen LogP contribution in [0.2, 0.25) is 0 Å². The lowest BCUT2D eigenvalue weighted by Gasteiger charge is -2.20. The molecule has 0 fully saturated rings. The lowest BCUT2D eigenvalue weighted by molar-refractivity contribution is -0.153. The number of guanidine groups is 1. The van der Waals surface area contributed by atoms with Gasteiger partial charge in [-0.3, -0.25) is 14.5 Å². The second kappa shape index (κ2) is 10.9. The average molecular weight is 485 g/mol. The third kappa shape index (κ3) is 8.42. The number of halogens is 1. The summed E-state index contributed by atoms with van der Waals surface area (Å²) in [5.41, 5.74) is 1.82. The molecule has 1 heterocycles. The van der Waals surface area contributed by atoms with E-state index in [0.717, 1.165) is 5.56 Å². The highest BCUT2D eigenvalue weighted by molar-refractivity contribution is 14.0. The van der Waals surface area contributed by atoms with Crippen molar-refractivity contribution in [2.45, 2.75) is 39.5 Å². The van der Waals surface area contributed by atoms with Gasteiger partial charge in [0.2, 0.25) is 0 Å². The van der Waals surface area contributed by atoms with Crippen molar-refractivity contribution in [1.29, 1.82) is 0 Å². The highest BCUT2D eigenvalue weighted by atomic mass is 127. The minimum Gasteiger partial charge on any atom is -0.459 e. The number of aliphatic imine (C=N–C) groups is 1. The van der Waals surface area contributed by atoms with Crippen LogP contribution in [-0.2, 0) is 22.6 Å². The van der Waals surface area contributed by atoms with E-state index in [2.05, 4.69) is 32.9 Å². The number of esters is 1. The maximum atomic E-state index is 11.8. The summed E-state index contributed by atoms with van der Waals surface area (Å²) < 4.78 is 7.16. The molecule has 148 valence electrons. The molecule has 2 N–H and O–H groups in total. The fourth-order valence-electron chi connectivity index (χ4n) is 2.39. The number of aromatic nitrogens is 2. The maximum absolute atomic E-state index is 11.8. The molecule has 0 bridgehead atoms. The van der Waals surface area contributed by atoms with Crippen molar-refractivity contribution in [3.05, 3.63) is 53.9 Å². The third-order valence-electron chi connectivity index (χ3n) is 3.50. The molecule has 2 rings (SSSR count). The van der Waals surface area contributed by atoms with Crippen LogP contribution < -0.4 is 10.6 Å². The first-order valence-corrected chi connectivity index (χ1v) is 8.58. The zero-order valence-corrected chi connectivity index (χ0v) is 18.6. The molecule has 0 saturated heterocycles. The topological polar surface area (TPSA) is 80.5 Å². The molecule has 2 aromatic rings. The van der Waals surface area contributed by atoms with Gasteiger partial charge in [-0.05, 0) is 38.0 Å². The molecule has 0 aliphatic rings. The van der Waals surface area contributed by atoms with E-state index in [1.54, 1.807) is 13.2 Å². The molecular weight excluding hydrogens is 457 g/mol. The number of hydrogen-bond donors (Lipinski definition) is 2. The van der Waals surface area contributed by atoms with Crippen molar-refractivity contribution in [3.63, 3.8) is 0 Å². The Hall–Kier alpha value is -2.10. The minimum atomic E-state index is -0.499. The first-order chi connectivity index (χ1) is 12.4. The van der Waals surface area contributed by atoms with Crippen LogP contribution >= 0.6 is 24.0 Å². The average Bonchev–Trinajstić information content (AvgIpc) is 3.08. The highest BCUT2D eigenvalue weighted by Crippen LogP contribution is 2.10. The van der Waals surface area contributed by atoms with Gasteiger partial charge in [-0.2, -0.15) is 5.10 Å². The van der Waals surface area contributed by atoms with E-state index in [1.807, 2.05) is 49.8 Å². The SMILES string of the molecule is CN=C(NCC(=O)OC(C)(C)C)NCc1ccccc1Cn1cccn1.I. The van der Waals surface area contributed by atoms with E-state index in [9.17, 15) is 4.79 Å². The Morgan fingerprint density at radius 1 is 1.19 bits per heavy atom. The second-order valence-corrected chi connectivity index (χ2v) is 6.84. The molecule has 0 spiro atoms. The van der Waals surface area contributed by atoms with Gasteiger partial charge < -0.3 is 15.4 Å². The number of carbonyl (C=O) groups is 1. The smallest absolute Gasteiger partial charge is 0.325 e. The lowest BCUT2D eigenvalue weighted by atomic mass is 10.1. The van der Waals surface area contributed by atoms with Gasteiger partial charge in [-0.15, -0.1) is 24.0 Å². The molecule has 0 saturated carbocycles. The predicted molar refractivity (Wildman–Crippen MR) is 117 cm³/mol. The maximum Gasteiger partial charge on any atom is 0.325 e. The zero-order chi connectivity index (χ0) is 19.0. The van der Waals surface area contributed by atoms with Crippen LogP contribution in [0.15, 0.2) is 47.7 Å². The van der Waals surface area contributed by atoms with Crippen LogP contribution in [0, 0.1) is 0 Å². The van der Waals surface area contributed by atoms with Crippen LogP contribution in [0.3, 0.4) is 0 Å². The second-order valence-electron chi connectivity index (χ2n) is 6.84. The molecular formula is C19H28IN5O2. The number of hydrogen-bond acceptors (Lipinski definition) is 4. The van der Waals surface area contributed by atoms with Gasteiger partial charge in [0.1, 0.15) is 12.1 Å². The zero-order valence-electron chi connectivity index (χ0n) is 16.2. The summed E-state index contributed by atoms with van der Waals surface area (Å²) in [5, 5.41) is 10.5. The van der Waals surface area contributed by atoms with Gasteiger partial charge >= 0.3 is 5.97 Å². The predicted octanol–water partition coefficient (Wildman–Crippen LogP) is 2.56. The van der Waals surface area contributed by atoms with E-state index in [0.29, 0.717) is 19.0 Å². The largest absolute Gasteiger partial charge is 0.459 e. The summed E-state index contributed by atoms with van der Waals surface area (Å²) in [6.45, 7) is 6.88. The molecule has 1 aromatic heterocycles. The van der Waals surface area contributed by atoms with Gasteiger partial charge in [0.25, 0.3) is 0 Å². The van der Waals surface area contributed by atoms with Crippen LogP contribution in [0.5, 0.6) is 0 Å². The van der Waals surface area contributed by atoms with Crippen LogP contribution in [0.4, 0.5) is 0 Å². The number of nitrogens with one attached hydrogen (secondary N) is 2. The van der Waals surface area contributed by atoms with Crippen molar-refractivity contribution >= 4 is 35.9 Å². The Labute approximate surface area is 177 Å². The third-order valence-corrected chi connectivity index (χ3v) is 3.50. The van der Waals surface area contributed by atoms with Crippen molar-refractivity contribution in [2.75, 3.05) is 13.6 Å². The molecule has 0 atom stereocenters. The van der Waals surface area contributed by atoms with E-state index in [1.165, 1.54) is 5.56 Å². The first kappa shape index (κ1) is 22.9. The van der Waals surface area contributed by atoms with Gasteiger partial charge in [0, 0.05) is 26.0 Å². The van der Waals surface area contributed by atoms with Crippen LogP contribution in [-0.4, -0.2) is 40.9 Å². The summed E-state index contributed by atoms with van der Waals surface area (Å²) in [7, 11) is 1.67. The number of nitrogens with zero attached hydrogens (tertiary/aromatic N) is 3. The van der Waals surface area contributed by atoms with Crippen LogP contribution in [0.25, 0.3) is 0 Å². The molecule has 1 aromatic carbocycles. The van der Waals surface area contributed by atoms with E-state index < -0.39 is 5.60 Å². The van der Waals surface area contributed by atoms with Gasteiger partial charge in [0.05, 0.1) is 6.54 Å². The van der Waals surface area contributed by atoms with Crippen molar-refractivity contribution < 1.29 is 9.53 Å². The Morgan fingerprint density at radius 2 is 1.89 bits per heavy atom. The molecule has 0 amide bonds. The highest BCUT2D eigenvalue weighted by Gasteiger charge is 2.16. The summed E-state index contributed by atoms with van der Waals surface area (Å²) in [4.78, 5) is 16.0. The normalized spacial score (nSPS) is 11.5. The first-order valence-electron chi connectivity index (χ1n) is 8.58. The molecule has 7 nitrogen and oxygen atoms in total. The minimum absolute atomic E-state index is 0. The summed E-state index contributed by atoms with van der Waals surface area (Å²) >= 11 is 0. The molecule has 0 aliphatic heterocycles. The van der Waals surface area contributed by atoms with Gasteiger partial charge in [0.15, 0.2) is 5.96 Å². The summed E-state index contributed by atoms with van der Waals surface area (Å²) in [6.07, 6.45) is 3.70. The molecule has 27 heavy (non-hydrogen) atoms. The summed E-state index contributed by atoms with van der Waals surface area (Å²) in [6, 6.07) is 10.1. The van der Waals surface area contributed by atoms with Gasteiger partial charge in [-0.25, -0.2) is 0 Å². The van der Waals surface area contributed by atoms with Crippen LogP contribution in [0.1, 0.15) is 31.9 Å². The Balaban J connectivity index is 0.00000364. The Kier molecular flexibility index (Phi) is 9.27. The van der Waals surface area contributed by atoms with Crippen molar-refractivity contribution in [3.8, 4) is 0 Å². The molecule has 0 radical (unpaired) electrons. The molecule has 8 heteroatoms. The van der Waals surface area contributed by atoms with Crippen molar-refractivity contribution in [1.82, 2.24) is 20.4 Å². The van der Waals surface area contributed by atoms with E-state index in [-0.39, 0.29) is 36.5 Å².